The highest BCUT2D eigenvalue weighted by Crippen LogP contribution is 2.32. The van der Waals surface area contributed by atoms with Crippen molar-refractivity contribution in [3.05, 3.63) is 95.1 Å². The summed E-state index contributed by atoms with van der Waals surface area (Å²) in [6.07, 6.45) is 1.53. The molecule has 0 saturated carbocycles. The first kappa shape index (κ1) is 17.8. The molecule has 0 bridgehead atoms. The molecule has 0 atom stereocenters. The van der Waals surface area contributed by atoms with Crippen LogP contribution in [0.25, 0.3) is 5.57 Å². The van der Waals surface area contributed by atoms with Gasteiger partial charge in [-0.2, -0.15) is 0 Å². The first-order chi connectivity index (χ1) is 13.5. The number of nitrogens with zero attached hydrogens (tertiary/aromatic N) is 1. The molecule has 2 aromatic carbocycles. The predicted octanol–water partition coefficient (Wildman–Crippen LogP) is 4.29. The van der Waals surface area contributed by atoms with Crippen LogP contribution in [0.3, 0.4) is 0 Å². The summed E-state index contributed by atoms with van der Waals surface area (Å²) in [4.78, 5) is 27.5. The third-order valence-electron chi connectivity index (χ3n) is 4.77. The Bertz CT molecular complexity index is 1070. The number of carbonyl (C=O) groups is 2. The first-order valence-corrected chi connectivity index (χ1v) is 9.07. The smallest absolute Gasteiger partial charge is 0.278 e. The van der Waals surface area contributed by atoms with E-state index in [2.05, 4.69) is 5.32 Å². The van der Waals surface area contributed by atoms with Gasteiger partial charge in [0.15, 0.2) is 0 Å². The quantitative estimate of drug-likeness (QED) is 0.679. The van der Waals surface area contributed by atoms with Gasteiger partial charge < -0.3 is 9.73 Å². The largest absolute Gasteiger partial charge is 0.467 e. The van der Waals surface area contributed by atoms with Gasteiger partial charge in [-0.3, -0.25) is 14.5 Å². The van der Waals surface area contributed by atoms with Gasteiger partial charge in [-0.25, -0.2) is 0 Å². The van der Waals surface area contributed by atoms with Crippen LogP contribution in [0.5, 0.6) is 0 Å². The number of aryl methyl sites for hydroxylation is 2. The van der Waals surface area contributed by atoms with E-state index in [1.165, 1.54) is 11.2 Å². The minimum atomic E-state index is -0.361. The summed E-state index contributed by atoms with van der Waals surface area (Å²) in [5.74, 6) is -0.137. The summed E-state index contributed by atoms with van der Waals surface area (Å²) in [5.41, 5.74) is 4.30. The van der Waals surface area contributed by atoms with E-state index in [1.54, 1.807) is 12.1 Å². The molecule has 140 valence electrons. The van der Waals surface area contributed by atoms with Gasteiger partial charge in [0.05, 0.1) is 18.4 Å². The highest BCUT2D eigenvalue weighted by Gasteiger charge is 2.39. The average Bonchev–Trinajstić information content (AvgIpc) is 3.28. The summed E-state index contributed by atoms with van der Waals surface area (Å²) >= 11 is 0. The van der Waals surface area contributed by atoms with Gasteiger partial charge in [0.25, 0.3) is 11.8 Å². The first-order valence-electron chi connectivity index (χ1n) is 9.07. The van der Waals surface area contributed by atoms with Crippen LogP contribution in [-0.4, -0.2) is 16.7 Å². The Labute approximate surface area is 163 Å². The van der Waals surface area contributed by atoms with Crippen molar-refractivity contribution in [1.82, 2.24) is 4.90 Å². The minimum absolute atomic E-state index is 0.0963. The van der Waals surface area contributed by atoms with E-state index >= 15 is 0 Å². The molecule has 3 aromatic rings. The van der Waals surface area contributed by atoms with Crippen molar-refractivity contribution < 1.29 is 14.0 Å². The zero-order valence-electron chi connectivity index (χ0n) is 15.7. The molecule has 0 unspecified atom stereocenters. The van der Waals surface area contributed by atoms with Crippen molar-refractivity contribution in [3.8, 4) is 0 Å². The predicted molar refractivity (Wildman–Crippen MR) is 107 cm³/mol. The number of anilines is 1. The standard InChI is InChI=1S/C23H20N2O3/c1-15-10-11-19(16(2)13-15)24-21-20(17-7-4-3-5-8-17)22(26)25(23(21)27)14-18-9-6-12-28-18/h3-13,24H,14H2,1-2H3. The topological polar surface area (TPSA) is 62.6 Å². The molecule has 5 heteroatoms. The number of benzene rings is 2. The Balaban J connectivity index is 1.76. The Kier molecular flexibility index (Phi) is 4.57. The number of amides is 2. The van der Waals surface area contributed by atoms with Crippen LogP contribution in [-0.2, 0) is 16.1 Å². The number of imide groups is 1. The maximum absolute atomic E-state index is 13.2. The average molecular weight is 372 g/mol. The number of hydrogen-bond donors (Lipinski definition) is 1. The van der Waals surface area contributed by atoms with Gasteiger partial charge in [-0.15, -0.1) is 0 Å². The van der Waals surface area contributed by atoms with Gasteiger partial charge in [0.1, 0.15) is 11.5 Å². The molecule has 0 spiro atoms. The number of furan rings is 1. The normalized spacial score (nSPS) is 14.1. The lowest BCUT2D eigenvalue weighted by atomic mass is 10.0. The molecule has 0 fully saturated rings. The molecule has 2 amide bonds. The lowest BCUT2D eigenvalue weighted by Crippen LogP contribution is -2.31. The molecule has 0 saturated heterocycles. The SMILES string of the molecule is Cc1ccc(NC2=C(c3ccccc3)C(=O)N(Cc3ccco3)C2=O)c(C)c1. The van der Waals surface area contributed by atoms with Crippen molar-refractivity contribution in [1.29, 1.82) is 0 Å². The van der Waals surface area contributed by atoms with Crippen molar-refractivity contribution in [3.63, 3.8) is 0 Å². The van der Waals surface area contributed by atoms with Gasteiger partial charge in [0.2, 0.25) is 0 Å². The molecule has 1 aliphatic rings. The van der Waals surface area contributed by atoms with Crippen LogP contribution < -0.4 is 5.32 Å². The molecule has 0 radical (unpaired) electrons. The van der Waals surface area contributed by atoms with Crippen LogP contribution in [0, 0.1) is 13.8 Å². The van der Waals surface area contributed by atoms with Crippen LogP contribution >= 0.6 is 0 Å². The lowest BCUT2D eigenvalue weighted by molar-refractivity contribution is -0.137. The second-order valence-corrected chi connectivity index (χ2v) is 6.84. The van der Waals surface area contributed by atoms with Crippen LogP contribution in [0.2, 0.25) is 0 Å². The molecular weight excluding hydrogens is 352 g/mol. The van der Waals surface area contributed by atoms with E-state index in [1.807, 2.05) is 62.4 Å². The summed E-state index contributed by atoms with van der Waals surface area (Å²) < 4.78 is 5.33. The number of nitrogens with one attached hydrogen (secondary N) is 1. The van der Waals surface area contributed by atoms with Crippen molar-refractivity contribution in [2.24, 2.45) is 0 Å². The summed E-state index contributed by atoms with van der Waals surface area (Å²) in [5, 5.41) is 3.21. The van der Waals surface area contributed by atoms with Crippen molar-refractivity contribution in [2.45, 2.75) is 20.4 Å². The maximum atomic E-state index is 13.2. The van der Waals surface area contributed by atoms with E-state index in [-0.39, 0.29) is 24.1 Å². The van der Waals surface area contributed by atoms with Gasteiger partial charge in [-0.1, -0.05) is 48.0 Å². The van der Waals surface area contributed by atoms with E-state index < -0.39 is 0 Å². The third kappa shape index (κ3) is 3.22. The van der Waals surface area contributed by atoms with Gasteiger partial charge >= 0.3 is 0 Å². The third-order valence-corrected chi connectivity index (χ3v) is 4.77. The maximum Gasteiger partial charge on any atom is 0.278 e. The molecule has 1 N–H and O–H groups in total. The monoisotopic (exact) mass is 372 g/mol. The van der Waals surface area contributed by atoms with Crippen LogP contribution in [0.15, 0.2) is 77.0 Å². The fraction of sp³-hybridized carbons (Fsp3) is 0.130. The molecule has 2 heterocycles. The fourth-order valence-electron chi connectivity index (χ4n) is 3.36. The minimum Gasteiger partial charge on any atom is -0.467 e. The molecule has 5 nitrogen and oxygen atoms in total. The van der Waals surface area contributed by atoms with E-state index in [4.69, 9.17) is 4.42 Å². The van der Waals surface area contributed by atoms with E-state index in [0.717, 1.165) is 16.8 Å². The number of rotatable bonds is 5. The summed E-state index contributed by atoms with van der Waals surface area (Å²) in [6.45, 7) is 4.08. The molecule has 1 aliphatic heterocycles. The Morgan fingerprint density at radius 3 is 2.39 bits per heavy atom. The molecular formula is C23H20N2O3. The second-order valence-electron chi connectivity index (χ2n) is 6.84. The Hall–Kier alpha value is -3.60. The Morgan fingerprint density at radius 2 is 1.71 bits per heavy atom. The molecule has 1 aromatic heterocycles. The lowest BCUT2D eigenvalue weighted by Gasteiger charge is -2.14. The van der Waals surface area contributed by atoms with E-state index in [0.29, 0.717) is 16.9 Å². The summed E-state index contributed by atoms with van der Waals surface area (Å²) in [7, 11) is 0. The second kappa shape index (κ2) is 7.19. The molecule has 28 heavy (non-hydrogen) atoms. The van der Waals surface area contributed by atoms with Gasteiger partial charge in [0, 0.05) is 5.69 Å². The zero-order valence-corrected chi connectivity index (χ0v) is 15.7. The van der Waals surface area contributed by atoms with E-state index in [9.17, 15) is 9.59 Å². The molecule has 4 rings (SSSR count). The zero-order chi connectivity index (χ0) is 19.7. The Morgan fingerprint density at radius 1 is 0.929 bits per heavy atom. The number of hydrogen-bond acceptors (Lipinski definition) is 4. The fourth-order valence-corrected chi connectivity index (χ4v) is 3.36. The summed E-state index contributed by atoms with van der Waals surface area (Å²) in [6, 6.07) is 18.7. The molecule has 0 aliphatic carbocycles. The van der Waals surface area contributed by atoms with Crippen LogP contribution in [0.1, 0.15) is 22.5 Å². The highest BCUT2D eigenvalue weighted by molar-refractivity contribution is 6.36. The number of carbonyl (C=O) groups excluding carboxylic acids is 2. The highest BCUT2D eigenvalue weighted by atomic mass is 16.3. The van der Waals surface area contributed by atoms with Gasteiger partial charge in [-0.05, 0) is 43.2 Å². The van der Waals surface area contributed by atoms with Crippen molar-refractivity contribution >= 4 is 23.1 Å². The van der Waals surface area contributed by atoms with Crippen molar-refractivity contribution in [2.75, 3.05) is 5.32 Å². The van der Waals surface area contributed by atoms with Crippen LogP contribution in [0.4, 0.5) is 5.69 Å².